The van der Waals surface area contributed by atoms with Gasteiger partial charge in [0.05, 0.1) is 0 Å². The lowest BCUT2D eigenvalue weighted by atomic mass is 9.87. The van der Waals surface area contributed by atoms with Gasteiger partial charge in [0, 0.05) is 12.6 Å². The molecule has 0 amide bonds. The van der Waals surface area contributed by atoms with Crippen LogP contribution in [0.25, 0.3) is 0 Å². The zero-order valence-corrected chi connectivity index (χ0v) is 11.0. The van der Waals surface area contributed by atoms with Gasteiger partial charge in [-0.15, -0.1) is 0 Å². The monoisotopic (exact) mass is 199 g/mol. The lowest BCUT2D eigenvalue weighted by Gasteiger charge is -2.37. The average Bonchev–Trinajstić information content (AvgIpc) is 2.21. The van der Waals surface area contributed by atoms with Crippen LogP contribution in [-0.4, -0.2) is 24.0 Å². The van der Waals surface area contributed by atoms with Gasteiger partial charge in [-0.05, 0) is 45.1 Å². The van der Waals surface area contributed by atoms with E-state index in [0.717, 1.165) is 17.9 Å². The first-order valence-electron chi connectivity index (χ1n) is 6.35. The van der Waals surface area contributed by atoms with Crippen LogP contribution in [0.15, 0.2) is 0 Å². The number of likely N-dealkylation sites (tertiary alicyclic amines) is 1. The number of hydrogen-bond donors (Lipinski definition) is 0. The van der Waals surface area contributed by atoms with E-state index in [1.807, 2.05) is 13.8 Å². The number of hydrogen-bond acceptors (Lipinski definition) is 1. The van der Waals surface area contributed by atoms with Crippen molar-refractivity contribution in [3.63, 3.8) is 0 Å². The largest absolute Gasteiger partial charge is 0.301 e. The maximum absolute atomic E-state index is 2.62. The van der Waals surface area contributed by atoms with E-state index >= 15 is 0 Å². The molecule has 0 aromatic carbocycles. The molecule has 1 saturated heterocycles. The second-order valence-corrected chi connectivity index (χ2v) is 4.74. The first-order chi connectivity index (χ1) is 6.61. The summed E-state index contributed by atoms with van der Waals surface area (Å²) in [6.45, 7) is 16.0. The fraction of sp³-hybridized carbons (Fsp3) is 1.00. The van der Waals surface area contributed by atoms with Gasteiger partial charge in [-0.25, -0.2) is 0 Å². The quantitative estimate of drug-likeness (QED) is 0.654. The lowest BCUT2D eigenvalue weighted by molar-refractivity contribution is 0.117. The molecule has 1 heterocycles. The maximum Gasteiger partial charge on any atom is 0.00387 e. The van der Waals surface area contributed by atoms with Gasteiger partial charge < -0.3 is 4.90 Å². The van der Waals surface area contributed by atoms with Crippen molar-refractivity contribution < 1.29 is 0 Å². The Hall–Kier alpha value is -0.0400. The van der Waals surface area contributed by atoms with Crippen LogP contribution in [0.1, 0.15) is 54.4 Å². The minimum Gasteiger partial charge on any atom is -0.301 e. The average molecular weight is 199 g/mol. The highest BCUT2D eigenvalue weighted by Gasteiger charge is 2.23. The Kier molecular flexibility index (Phi) is 7.26. The summed E-state index contributed by atoms with van der Waals surface area (Å²) in [7, 11) is 0. The van der Waals surface area contributed by atoms with Gasteiger partial charge in [0.25, 0.3) is 0 Å². The van der Waals surface area contributed by atoms with E-state index in [4.69, 9.17) is 0 Å². The molecule has 0 bridgehead atoms. The summed E-state index contributed by atoms with van der Waals surface area (Å²) in [5, 5.41) is 0. The SMILES string of the molecule is CC.CC(C)C1CCCN(C(C)C)C1. The molecular weight excluding hydrogens is 170 g/mol. The molecule has 0 radical (unpaired) electrons. The van der Waals surface area contributed by atoms with Crippen molar-refractivity contribution in [3.8, 4) is 0 Å². The minimum absolute atomic E-state index is 0.742. The molecule has 1 nitrogen and oxygen atoms in total. The van der Waals surface area contributed by atoms with Crippen LogP contribution in [0.2, 0.25) is 0 Å². The van der Waals surface area contributed by atoms with Gasteiger partial charge in [-0.2, -0.15) is 0 Å². The molecule has 1 heteroatoms. The smallest absolute Gasteiger partial charge is 0.00387 e. The number of rotatable bonds is 2. The molecular formula is C13H29N. The normalized spacial score (nSPS) is 23.6. The molecule has 0 aliphatic carbocycles. The predicted octanol–water partition coefficient (Wildman–Crippen LogP) is 3.79. The van der Waals surface area contributed by atoms with E-state index in [2.05, 4.69) is 32.6 Å². The van der Waals surface area contributed by atoms with Crippen molar-refractivity contribution in [2.45, 2.75) is 60.4 Å². The summed E-state index contributed by atoms with van der Waals surface area (Å²) in [6.07, 6.45) is 2.85. The molecule has 0 aromatic heterocycles. The van der Waals surface area contributed by atoms with E-state index in [9.17, 15) is 0 Å². The summed E-state index contributed by atoms with van der Waals surface area (Å²) >= 11 is 0. The van der Waals surface area contributed by atoms with E-state index in [1.165, 1.54) is 25.9 Å². The molecule has 86 valence electrons. The first-order valence-corrected chi connectivity index (χ1v) is 6.35. The Labute approximate surface area is 90.9 Å². The van der Waals surface area contributed by atoms with Gasteiger partial charge >= 0.3 is 0 Å². The standard InChI is InChI=1S/C11H23N.C2H6/c1-9(2)11-6-5-7-12(8-11)10(3)4;1-2/h9-11H,5-8H2,1-4H3;1-2H3. The highest BCUT2D eigenvalue weighted by atomic mass is 15.2. The van der Waals surface area contributed by atoms with Crippen molar-refractivity contribution in [2.24, 2.45) is 11.8 Å². The molecule has 1 aliphatic rings. The number of nitrogens with zero attached hydrogens (tertiary/aromatic N) is 1. The third-order valence-corrected chi connectivity index (χ3v) is 3.16. The highest BCUT2D eigenvalue weighted by molar-refractivity contribution is 4.76. The second-order valence-electron chi connectivity index (χ2n) is 4.74. The second kappa shape index (κ2) is 7.28. The molecule has 1 aliphatic heterocycles. The van der Waals surface area contributed by atoms with Crippen molar-refractivity contribution in [1.82, 2.24) is 4.90 Å². The van der Waals surface area contributed by atoms with Crippen LogP contribution in [0, 0.1) is 11.8 Å². The fourth-order valence-electron chi connectivity index (χ4n) is 2.05. The van der Waals surface area contributed by atoms with Crippen molar-refractivity contribution in [2.75, 3.05) is 13.1 Å². The maximum atomic E-state index is 2.62. The molecule has 0 spiro atoms. The molecule has 1 atom stereocenters. The molecule has 1 fully saturated rings. The van der Waals surface area contributed by atoms with E-state index in [1.54, 1.807) is 0 Å². The van der Waals surface area contributed by atoms with Crippen LogP contribution in [-0.2, 0) is 0 Å². The topological polar surface area (TPSA) is 3.24 Å². The van der Waals surface area contributed by atoms with Gasteiger partial charge in [0.2, 0.25) is 0 Å². The predicted molar refractivity (Wildman–Crippen MR) is 65.6 cm³/mol. The number of piperidine rings is 1. The minimum atomic E-state index is 0.742. The molecule has 1 unspecified atom stereocenters. The molecule has 0 aromatic rings. The van der Waals surface area contributed by atoms with Crippen molar-refractivity contribution in [1.29, 1.82) is 0 Å². The summed E-state index contributed by atoms with van der Waals surface area (Å²) < 4.78 is 0. The Morgan fingerprint density at radius 3 is 2.07 bits per heavy atom. The highest BCUT2D eigenvalue weighted by Crippen LogP contribution is 2.24. The van der Waals surface area contributed by atoms with Crippen LogP contribution in [0.5, 0.6) is 0 Å². The van der Waals surface area contributed by atoms with Crippen LogP contribution in [0.3, 0.4) is 0 Å². The molecule has 1 rings (SSSR count). The van der Waals surface area contributed by atoms with E-state index in [-0.39, 0.29) is 0 Å². The van der Waals surface area contributed by atoms with Gasteiger partial charge in [0.15, 0.2) is 0 Å². The first kappa shape index (κ1) is 14.0. The Morgan fingerprint density at radius 1 is 1.07 bits per heavy atom. The zero-order chi connectivity index (χ0) is 11.1. The zero-order valence-electron chi connectivity index (χ0n) is 11.0. The summed E-state index contributed by atoms with van der Waals surface area (Å²) in [5.74, 6) is 1.81. The van der Waals surface area contributed by atoms with Crippen molar-refractivity contribution >= 4 is 0 Å². The molecule has 0 N–H and O–H groups in total. The van der Waals surface area contributed by atoms with Crippen molar-refractivity contribution in [3.05, 3.63) is 0 Å². The lowest BCUT2D eigenvalue weighted by Crippen LogP contribution is -2.41. The van der Waals surface area contributed by atoms with E-state index < -0.39 is 0 Å². The van der Waals surface area contributed by atoms with Crippen LogP contribution >= 0.6 is 0 Å². The Morgan fingerprint density at radius 2 is 1.64 bits per heavy atom. The molecule has 14 heavy (non-hydrogen) atoms. The summed E-state index contributed by atoms with van der Waals surface area (Å²) in [4.78, 5) is 2.62. The summed E-state index contributed by atoms with van der Waals surface area (Å²) in [6, 6.07) is 0.742. The van der Waals surface area contributed by atoms with Gasteiger partial charge in [0.1, 0.15) is 0 Å². The van der Waals surface area contributed by atoms with E-state index in [0.29, 0.717) is 0 Å². The Bertz CT molecular complexity index is 115. The van der Waals surface area contributed by atoms with Gasteiger partial charge in [-0.3, -0.25) is 0 Å². The van der Waals surface area contributed by atoms with Crippen LogP contribution in [0.4, 0.5) is 0 Å². The van der Waals surface area contributed by atoms with Gasteiger partial charge in [-0.1, -0.05) is 27.7 Å². The molecule has 0 saturated carbocycles. The van der Waals surface area contributed by atoms with Crippen LogP contribution < -0.4 is 0 Å². The third kappa shape index (κ3) is 4.45. The fourth-order valence-corrected chi connectivity index (χ4v) is 2.05. The third-order valence-electron chi connectivity index (χ3n) is 3.16. The Balaban J connectivity index is 0.000000791. The summed E-state index contributed by atoms with van der Waals surface area (Å²) in [5.41, 5.74) is 0.